The summed E-state index contributed by atoms with van der Waals surface area (Å²) in [4.78, 5) is 2.53. The van der Waals surface area contributed by atoms with Crippen molar-refractivity contribution < 1.29 is 4.74 Å². The number of hydrogen-bond acceptors (Lipinski definition) is 2. The third-order valence-electron chi connectivity index (χ3n) is 3.17. The Balaban J connectivity index is 2.24. The predicted molar refractivity (Wildman–Crippen MR) is 66.5 cm³/mol. The summed E-state index contributed by atoms with van der Waals surface area (Å²) in [5.41, 5.74) is 1.56. The van der Waals surface area contributed by atoms with Crippen molar-refractivity contribution in [2.75, 3.05) is 19.8 Å². The first-order chi connectivity index (χ1) is 7.59. The van der Waals surface area contributed by atoms with E-state index in [1.165, 1.54) is 5.56 Å². The van der Waals surface area contributed by atoms with Gasteiger partial charge in [0.2, 0.25) is 0 Å². The molecule has 0 saturated carbocycles. The molecule has 16 heavy (non-hydrogen) atoms. The molecule has 1 atom stereocenters. The largest absolute Gasteiger partial charge is 0.378 e. The lowest BCUT2D eigenvalue weighted by atomic mass is 9.97. The van der Waals surface area contributed by atoms with E-state index in [1.807, 2.05) is 0 Å². The monoisotopic (exact) mass is 219 g/mol. The van der Waals surface area contributed by atoms with Crippen LogP contribution >= 0.6 is 0 Å². The molecule has 2 rings (SSSR count). The second kappa shape index (κ2) is 4.56. The standard InChI is InChI=1S/C14H21NO/c1-14(2,3)15-9-10-16-11-13(15)12-7-5-4-6-8-12/h4-8,13H,9-11H2,1-3H3/t13-/m0/s1. The molecule has 0 unspecified atom stereocenters. The van der Waals surface area contributed by atoms with Gasteiger partial charge in [-0.05, 0) is 26.3 Å². The zero-order valence-corrected chi connectivity index (χ0v) is 10.4. The van der Waals surface area contributed by atoms with E-state index in [0.717, 1.165) is 19.8 Å². The van der Waals surface area contributed by atoms with Gasteiger partial charge in [-0.3, -0.25) is 4.90 Å². The summed E-state index contributed by atoms with van der Waals surface area (Å²) in [7, 11) is 0. The summed E-state index contributed by atoms with van der Waals surface area (Å²) in [5, 5.41) is 0. The van der Waals surface area contributed by atoms with Gasteiger partial charge in [-0.2, -0.15) is 0 Å². The first kappa shape index (κ1) is 11.6. The van der Waals surface area contributed by atoms with Crippen LogP contribution in [0.4, 0.5) is 0 Å². The molecule has 1 aromatic rings. The summed E-state index contributed by atoms with van der Waals surface area (Å²) in [6.45, 7) is 9.49. The van der Waals surface area contributed by atoms with E-state index in [-0.39, 0.29) is 5.54 Å². The van der Waals surface area contributed by atoms with Gasteiger partial charge in [0.1, 0.15) is 0 Å². The minimum absolute atomic E-state index is 0.199. The fourth-order valence-electron chi connectivity index (χ4n) is 2.36. The van der Waals surface area contributed by atoms with Gasteiger partial charge < -0.3 is 4.74 Å². The first-order valence-corrected chi connectivity index (χ1v) is 5.98. The minimum atomic E-state index is 0.199. The van der Waals surface area contributed by atoms with Crippen LogP contribution < -0.4 is 0 Å². The molecule has 0 N–H and O–H groups in total. The second-order valence-corrected chi connectivity index (χ2v) is 5.37. The molecule has 1 saturated heterocycles. The van der Waals surface area contributed by atoms with E-state index in [9.17, 15) is 0 Å². The van der Waals surface area contributed by atoms with Crippen molar-refractivity contribution in [3.05, 3.63) is 35.9 Å². The van der Waals surface area contributed by atoms with Crippen molar-refractivity contribution in [3.8, 4) is 0 Å². The fraction of sp³-hybridized carbons (Fsp3) is 0.571. The second-order valence-electron chi connectivity index (χ2n) is 5.37. The summed E-state index contributed by atoms with van der Waals surface area (Å²) in [6.07, 6.45) is 0. The molecule has 1 aliphatic heterocycles. The molecule has 0 amide bonds. The maximum Gasteiger partial charge on any atom is 0.0664 e. The van der Waals surface area contributed by atoms with Crippen LogP contribution in [0.25, 0.3) is 0 Å². The number of nitrogens with zero attached hydrogens (tertiary/aromatic N) is 1. The SMILES string of the molecule is CC(C)(C)N1CCOC[C@H]1c1ccccc1. The lowest BCUT2D eigenvalue weighted by molar-refractivity contribution is -0.0506. The average molecular weight is 219 g/mol. The molecule has 2 heteroatoms. The van der Waals surface area contributed by atoms with Crippen molar-refractivity contribution >= 4 is 0 Å². The quantitative estimate of drug-likeness (QED) is 0.720. The van der Waals surface area contributed by atoms with Gasteiger partial charge in [-0.25, -0.2) is 0 Å². The molecule has 1 heterocycles. The molecular weight excluding hydrogens is 198 g/mol. The Morgan fingerprint density at radius 3 is 2.50 bits per heavy atom. The van der Waals surface area contributed by atoms with Crippen LogP contribution in [0.15, 0.2) is 30.3 Å². The summed E-state index contributed by atoms with van der Waals surface area (Å²) < 4.78 is 5.62. The molecule has 1 aliphatic rings. The van der Waals surface area contributed by atoms with Gasteiger partial charge in [0.05, 0.1) is 19.3 Å². The highest BCUT2D eigenvalue weighted by Crippen LogP contribution is 2.30. The number of benzene rings is 1. The van der Waals surface area contributed by atoms with E-state index >= 15 is 0 Å². The highest BCUT2D eigenvalue weighted by atomic mass is 16.5. The molecule has 0 aromatic heterocycles. The van der Waals surface area contributed by atoms with Crippen LogP contribution in [-0.2, 0) is 4.74 Å². The van der Waals surface area contributed by atoms with Gasteiger partial charge in [0, 0.05) is 12.1 Å². The van der Waals surface area contributed by atoms with Crippen molar-refractivity contribution in [1.82, 2.24) is 4.90 Å². The molecule has 1 aromatic carbocycles. The van der Waals surface area contributed by atoms with Gasteiger partial charge in [-0.1, -0.05) is 30.3 Å². The van der Waals surface area contributed by atoms with Crippen LogP contribution in [0.1, 0.15) is 32.4 Å². The molecule has 1 fully saturated rings. The Morgan fingerprint density at radius 1 is 1.19 bits per heavy atom. The third kappa shape index (κ3) is 2.45. The lowest BCUT2D eigenvalue weighted by Gasteiger charge is -2.44. The zero-order chi connectivity index (χ0) is 11.6. The first-order valence-electron chi connectivity index (χ1n) is 5.98. The lowest BCUT2D eigenvalue weighted by Crippen LogP contribution is -2.49. The van der Waals surface area contributed by atoms with E-state index in [1.54, 1.807) is 0 Å². The van der Waals surface area contributed by atoms with Crippen molar-refractivity contribution in [2.45, 2.75) is 32.4 Å². The van der Waals surface area contributed by atoms with Crippen LogP contribution in [0.3, 0.4) is 0 Å². The Labute approximate surface area is 98.2 Å². The van der Waals surface area contributed by atoms with Crippen LogP contribution in [0, 0.1) is 0 Å². The number of hydrogen-bond donors (Lipinski definition) is 0. The average Bonchev–Trinajstić information content (AvgIpc) is 2.29. The number of ether oxygens (including phenoxy) is 1. The zero-order valence-electron chi connectivity index (χ0n) is 10.4. The van der Waals surface area contributed by atoms with Crippen LogP contribution in [-0.4, -0.2) is 30.2 Å². The summed E-state index contributed by atoms with van der Waals surface area (Å²) in [5.74, 6) is 0. The summed E-state index contributed by atoms with van der Waals surface area (Å²) in [6, 6.07) is 11.1. The molecule has 0 bridgehead atoms. The molecule has 0 radical (unpaired) electrons. The molecule has 0 spiro atoms. The van der Waals surface area contributed by atoms with Crippen molar-refractivity contribution in [3.63, 3.8) is 0 Å². The van der Waals surface area contributed by atoms with Crippen molar-refractivity contribution in [2.24, 2.45) is 0 Å². The summed E-state index contributed by atoms with van der Waals surface area (Å²) >= 11 is 0. The number of rotatable bonds is 1. The predicted octanol–water partition coefficient (Wildman–Crippen LogP) is 2.86. The Hall–Kier alpha value is -0.860. The van der Waals surface area contributed by atoms with Gasteiger partial charge in [-0.15, -0.1) is 0 Å². The van der Waals surface area contributed by atoms with E-state index in [2.05, 4.69) is 56.0 Å². The molecule has 0 aliphatic carbocycles. The Morgan fingerprint density at radius 2 is 1.88 bits per heavy atom. The topological polar surface area (TPSA) is 12.5 Å². The van der Waals surface area contributed by atoms with Gasteiger partial charge in [0.25, 0.3) is 0 Å². The highest BCUT2D eigenvalue weighted by Gasteiger charge is 2.32. The maximum atomic E-state index is 5.62. The number of morpholine rings is 1. The van der Waals surface area contributed by atoms with E-state index < -0.39 is 0 Å². The van der Waals surface area contributed by atoms with Gasteiger partial charge >= 0.3 is 0 Å². The fourth-order valence-corrected chi connectivity index (χ4v) is 2.36. The van der Waals surface area contributed by atoms with E-state index in [0.29, 0.717) is 6.04 Å². The Kier molecular flexibility index (Phi) is 3.31. The van der Waals surface area contributed by atoms with E-state index in [4.69, 9.17) is 4.74 Å². The normalized spacial score (nSPS) is 23.3. The van der Waals surface area contributed by atoms with Gasteiger partial charge in [0.15, 0.2) is 0 Å². The van der Waals surface area contributed by atoms with Crippen molar-refractivity contribution in [1.29, 1.82) is 0 Å². The minimum Gasteiger partial charge on any atom is -0.378 e. The highest BCUT2D eigenvalue weighted by molar-refractivity contribution is 5.20. The van der Waals surface area contributed by atoms with Crippen LogP contribution in [0.2, 0.25) is 0 Å². The Bertz CT molecular complexity index is 328. The third-order valence-corrected chi connectivity index (χ3v) is 3.17. The smallest absolute Gasteiger partial charge is 0.0664 e. The molecule has 2 nitrogen and oxygen atoms in total. The molecule has 88 valence electrons. The van der Waals surface area contributed by atoms with Crippen LogP contribution in [0.5, 0.6) is 0 Å². The maximum absolute atomic E-state index is 5.62. The molecular formula is C14H21NO.